The van der Waals surface area contributed by atoms with Crippen LogP contribution in [0.3, 0.4) is 0 Å². The van der Waals surface area contributed by atoms with Gasteiger partial charge in [0, 0.05) is 12.5 Å². The number of allylic oxidation sites excluding steroid dienone is 2. The van der Waals surface area contributed by atoms with Crippen LogP contribution >= 0.6 is 0 Å². The molecule has 0 radical (unpaired) electrons. The van der Waals surface area contributed by atoms with Crippen molar-refractivity contribution in [2.45, 2.75) is 39.5 Å². The van der Waals surface area contributed by atoms with Crippen LogP contribution in [0.15, 0.2) is 29.8 Å². The molecule has 0 aliphatic carbocycles. The van der Waals surface area contributed by atoms with E-state index < -0.39 is 0 Å². The second kappa shape index (κ2) is 9.22. The van der Waals surface area contributed by atoms with Gasteiger partial charge in [0.2, 0.25) is 0 Å². The number of methoxy groups -OCH3 is 2. The van der Waals surface area contributed by atoms with Crippen molar-refractivity contribution in [2.24, 2.45) is 5.92 Å². The number of carbonyl (C=O) groups is 1. The van der Waals surface area contributed by atoms with Crippen LogP contribution in [0.1, 0.15) is 38.7 Å². The first kappa shape index (κ1) is 17.3. The van der Waals surface area contributed by atoms with Gasteiger partial charge in [-0.15, -0.1) is 0 Å². The lowest BCUT2D eigenvalue weighted by atomic mass is 9.91. The molecule has 1 atom stereocenters. The third-order valence-corrected chi connectivity index (χ3v) is 3.76. The van der Waals surface area contributed by atoms with E-state index in [9.17, 15) is 4.79 Å². The van der Waals surface area contributed by atoms with Crippen LogP contribution in [0.4, 0.5) is 0 Å². The second-order valence-electron chi connectivity index (χ2n) is 5.23. The fourth-order valence-electron chi connectivity index (χ4n) is 2.25. The normalized spacial score (nSPS) is 12.9. The van der Waals surface area contributed by atoms with E-state index in [0.29, 0.717) is 12.3 Å². The summed E-state index contributed by atoms with van der Waals surface area (Å²) in [6.07, 6.45) is 6.52. The zero-order valence-corrected chi connectivity index (χ0v) is 13.5. The Morgan fingerprint density at radius 2 is 1.76 bits per heavy atom. The van der Waals surface area contributed by atoms with E-state index in [1.165, 1.54) is 11.1 Å². The third kappa shape index (κ3) is 5.62. The maximum atomic E-state index is 10.5. The minimum atomic E-state index is 0.508. The summed E-state index contributed by atoms with van der Waals surface area (Å²) in [4.78, 5) is 10.5. The molecule has 21 heavy (non-hydrogen) atoms. The number of unbranched alkanes of at least 4 members (excludes halogenated alkanes) is 1. The Labute approximate surface area is 128 Å². The van der Waals surface area contributed by atoms with Gasteiger partial charge in [0.05, 0.1) is 14.2 Å². The zero-order valence-electron chi connectivity index (χ0n) is 13.5. The van der Waals surface area contributed by atoms with Gasteiger partial charge >= 0.3 is 0 Å². The van der Waals surface area contributed by atoms with Gasteiger partial charge < -0.3 is 14.3 Å². The number of hydrogen-bond acceptors (Lipinski definition) is 3. The molecule has 0 amide bonds. The molecule has 1 aromatic carbocycles. The highest BCUT2D eigenvalue weighted by Crippen LogP contribution is 2.27. The quantitative estimate of drug-likeness (QED) is 0.388. The van der Waals surface area contributed by atoms with E-state index in [2.05, 4.69) is 19.9 Å². The molecule has 0 aliphatic heterocycles. The van der Waals surface area contributed by atoms with Crippen molar-refractivity contribution in [3.8, 4) is 11.5 Å². The summed E-state index contributed by atoms with van der Waals surface area (Å²) in [6.45, 7) is 4.41. The third-order valence-electron chi connectivity index (χ3n) is 3.76. The zero-order chi connectivity index (χ0) is 15.7. The number of rotatable bonds is 9. The minimum absolute atomic E-state index is 0.508. The summed E-state index contributed by atoms with van der Waals surface area (Å²) in [5, 5.41) is 0. The van der Waals surface area contributed by atoms with Crippen molar-refractivity contribution in [3.63, 3.8) is 0 Å². The topological polar surface area (TPSA) is 35.5 Å². The van der Waals surface area contributed by atoms with Crippen LogP contribution in [0, 0.1) is 5.92 Å². The van der Waals surface area contributed by atoms with Crippen LogP contribution in [-0.2, 0) is 11.2 Å². The van der Waals surface area contributed by atoms with Gasteiger partial charge in [0.15, 0.2) is 0 Å². The number of ether oxygens (including phenoxy) is 2. The van der Waals surface area contributed by atoms with Crippen molar-refractivity contribution in [3.05, 3.63) is 35.4 Å². The van der Waals surface area contributed by atoms with E-state index in [4.69, 9.17) is 9.47 Å². The molecule has 116 valence electrons. The van der Waals surface area contributed by atoms with Gasteiger partial charge in [-0.3, -0.25) is 0 Å². The van der Waals surface area contributed by atoms with Crippen LogP contribution in [0.25, 0.3) is 0 Å². The second-order valence-corrected chi connectivity index (χ2v) is 5.23. The highest BCUT2D eigenvalue weighted by molar-refractivity contribution is 5.49. The molecule has 0 N–H and O–H groups in total. The first-order chi connectivity index (χ1) is 10.1. The number of benzene rings is 1. The van der Waals surface area contributed by atoms with Crippen molar-refractivity contribution >= 4 is 6.29 Å². The molecule has 3 heteroatoms. The molecule has 1 aromatic rings. The first-order valence-electron chi connectivity index (χ1n) is 7.49. The molecule has 0 heterocycles. The molecule has 0 saturated heterocycles. The highest BCUT2D eigenvalue weighted by atomic mass is 16.5. The largest absolute Gasteiger partial charge is 0.497 e. The van der Waals surface area contributed by atoms with Crippen molar-refractivity contribution in [2.75, 3.05) is 14.2 Å². The number of carbonyl (C=O) groups excluding carboxylic acids is 1. The van der Waals surface area contributed by atoms with E-state index in [0.717, 1.165) is 37.0 Å². The maximum absolute atomic E-state index is 10.5. The predicted octanol–water partition coefficient (Wildman–Crippen LogP) is 4.20. The molecule has 1 rings (SSSR count). The molecule has 0 spiro atoms. The molecule has 0 bridgehead atoms. The molecule has 0 aliphatic rings. The van der Waals surface area contributed by atoms with Crippen LogP contribution in [-0.4, -0.2) is 20.5 Å². The predicted molar refractivity (Wildman–Crippen MR) is 86.1 cm³/mol. The molecule has 3 nitrogen and oxygen atoms in total. The molecule has 0 fully saturated rings. The smallest absolute Gasteiger partial charge is 0.122 e. The van der Waals surface area contributed by atoms with Gasteiger partial charge in [-0.05, 0) is 42.9 Å². The van der Waals surface area contributed by atoms with Crippen LogP contribution in [0.5, 0.6) is 11.5 Å². The maximum Gasteiger partial charge on any atom is 0.122 e. The van der Waals surface area contributed by atoms with Crippen molar-refractivity contribution in [1.82, 2.24) is 0 Å². The lowest BCUT2D eigenvalue weighted by Gasteiger charge is -2.16. The van der Waals surface area contributed by atoms with Crippen LogP contribution in [0.2, 0.25) is 0 Å². The summed E-state index contributed by atoms with van der Waals surface area (Å²) in [5.41, 5.74) is 2.54. The Hall–Kier alpha value is -1.77. The van der Waals surface area contributed by atoms with E-state index in [1.54, 1.807) is 14.2 Å². The van der Waals surface area contributed by atoms with E-state index in [1.807, 2.05) is 18.2 Å². The summed E-state index contributed by atoms with van der Waals surface area (Å²) in [5.74, 6) is 2.12. The Balaban J connectivity index is 2.96. The monoisotopic (exact) mass is 290 g/mol. The standard InChI is InChI=1S/C18H26O3/c1-5-14(2)16(8-6-7-9-19)10-15-11-17(20-3)13-18(12-15)21-4/h8-9,11-14H,5-7,10H2,1-4H3/b16-8-/t14-/m0/s1. The molecule has 0 aromatic heterocycles. The van der Waals surface area contributed by atoms with Gasteiger partial charge in [-0.25, -0.2) is 0 Å². The van der Waals surface area contributed by atoms with E-state index in [-0.39, 0.29) is 0 Å². The summed E-state index contributed by atoms with van der Waals surface area (Å²) >= 11 is 0. The average molecular weight is 290 g/mol. The van der Waals surface area contributed by atoms with Gasteiger partial charge in [0.25, 0.3) is 0 Å². The SMILES string of the molecule is CC[C@H](C)/C(=C\CCC=O)Cc1cc(OC)cc(OC)c1. The van der Waals surface area contributed by atoms with Crippen LogP contribution < -0.4 is 9.47 Å². The number of aldehydes is 1. The first-order valence-corrected chi connectivity index (χ1v) is 7.49. The summed E-state index contributed by atoms with van der Waals surface area (Å²) < 4.78 is 10.6. The Bertz CT molecular complexity index is 455. The van der Waals surface area contributed by atoms with Crippen molar-refractivity contribution < 1.29 is 14.3 Å². The van der Waals surface area contributed by atoms with Gasteiger partial charge in [-0.2, -0.15) is 0 Å². The molecule has 0 saturated carbocycles. The Kier molecular flexibility index (Phi) is 7.59. The highest BCUT2D eigenvalue weighted by Gasteiger charge is 2.10. The number of hydrogen-bond donors (Lipinski definition) is 0. The average Bonchev–Trinajstić information content (AvgIpc) is 2.52. The fraction of sp³-hybridized carbons (Fsp3) is 0.500. The fourth-order valence-corrected chi connectivity index (χ4v) is 2.25. The molecular weight excluding hydrogens is 264 g/mol. The Morgan fingerprint density at radius 3 is 2.24 bits per heavy atom. The lowest BCUT2D eigenvalue weighted by molar-refractivity contribution is -0.107. The van der Waals surface area contributed by atoms with Gasteiger partial charge in [-0.1, -0.05) is 25.5 Å². The lowest BCUT2D eigenvalue weighted by Crippen LogP contribution is -2.03. The molecular formula is C18H26O3. The van der Waals surface area contributed by atoms with E-state index >= 15 is 0 Å². The van der Waals surface area contributed by atoms with Gasteiger partial charge in [0.1, 0.15) is 17.8 Å². The molecule has 0 unspecified atom stereocenters. The van der Waals surface area contributed by atoms with Crippen molar-refractivity contribution in [1.29, 1.82) is 0 Å². The summed E-state index contributed by atoms with van der Waals surface area (Å²) in [7, 11) is 3.32. The Morgan fingerprint density at radius 1 is 1.14 bits per heavy atom. The minimum Gasteiger partial charge on any atom is -0.497 e. The summed E-state index contributed by atoms with van der Waals surface area (Å²) in [6, 6.07) is 5.96.